The van der Waals surface area contributed by atoms with E-state index < -0.39 is 5.92 Å². The van der Waals surface area contributed by atoms with E-state index in [4.69, 9.17) is 9.47 Å². The molecule has 5 heteroatoms. The molecule has 2 aliphatic rings. The Hall–Kier alpha value is -2.56. The lowest BCUT2D eigenvalue weighted by Crippen LogP contribution is -2.34. The van der Waals surface area contributed by atoms with Gasteiger partial charge in [-0.05, 0) is 32.3 Å². The number of nitrogens with one attached hydrogen (secondary N) is 1. The van der Waals surface area contributed by atoms with Crippen LogP contribution in [0.25, 0.3) is 0 Å². The molecule has 1 aliphatic carbocycles. The number of carbonyl (C=O) groups excluding carboxylic acids is 2. The van der Waals surface area contributed by atoms with Crippen LogP contribution in [0.3, 0.4) is 0 Å². The van der Waals surface area contributed by atoms with E-state index in [9.17, 15) is 9.59 Å². The lowest BCUT2D eigenvalue weighted by molar-refractivity contribution is -0.139. The maximum absolute atomic E-state index is 12.8. The minimum atomic E-state index is -0.459. The van der Waals surface area contributed by atoms with Gasteiger partial charge in [0.2, 0.25) is 0 Å². The van der Waals surface area contributed by atoms with Crippen LogP contribution in [0.1, 0.15) is 51.0 Å². The molecule has 138 valence electrons. The largest absolute Gasteiger partial charge is 0.496 e. The molecule has 1 N–H and O–H groups in total. The van der Waals surface area contributed by atoms with Crippen LogP contribution in [0.5, 0.6) is 5.75 Å². The third kappa shape index (κ3) is 3.26. The van der Waals surface area contributed by atoms with Gasteiger partial charge < -0.3 is 14.8 Å². The summed E-state index contributed by atoms with van der Waals surface area (Å²) in [6.07, 6.45) is 2.88. The number of Topliss-reactive ketones (excluding diaryl/α,β-unsaturated/α-hetero) is 1. The van der Waals surface area contributed by atoms with Crippen molar-refractivity contribution in [2.45, 2.75) is 45.4 Å². The first-order valence-corrected chi connectivity index (χ1v) is 9.12. The van der Waals surface area contributed by atoms with Gasteiger partial charge in [0.25, 0.3) is 0 Å². The van der Waals surface area contributed by atoms with Gasteiger partial charge in [-0.2, -0.15) is 0 Å². The van der Waals surface area contributed by atoms with Crippen molar-refractivity contribution in [3.63, 3.8) is 0 Å². The van der Waals surface area contributed by atoms with Crippen LogP contribution in [0, 0.1) is 0 Å². The molecule has 5 nitrogen and oxygen atoms in total. The van der Waals surface area contributed by atoms with Crippen LogP contribution < -0.4 is 10.1 Å². The number of methoxy groups -OCH3 is 1. The van der Waals surface area contributed by atoms with Crippen molar-refractivity contribution in [3.05, 3.63) is 52.4 Å². The Kier molecular flexibility index (Phi) is 5.45. The van der Waals surface area contributed by atoms with Crippen molar-refractivity contribution in [1.82, 2.24) is 5.32 Å². The van der Waals surface area contributed by atoms with Crippen molar-refractivity contribution in [2.75, 3.05) is 13.7 Å². The highest BCUT2D eigenvalue weighted by Crippen LogP contribution is 2.45. The van der Waals surface area contributed by atoms with Gasteiger partial charge in [0.05, 0.1) is 25.2 Å². The minimum absolute atomic E-state index is 0.0861. The summed E-state index contributed by atoms with van der Waals surface area (Å²) in [6.45, 7) is 4.18. The van der Waals surface area contributed by atoms with Gasteiger partial charge in [0.15, 0.2) is 5.78 Å². The fourth-order valence-electron chi connectivity index (χ4n) is 3.74. The second kappa shape index (κ2) is 7.77. The van der Waals surface area contributed by atoms with E-state index in [-0.39, 0.29) is 11.8 Å². The zero-order valence-electron chi connectivity index (χ0n) is 15.6. The SMILES string of the molecule is CCCOC(=O)C1=C(C)NC2=C(C(=O)CCC2)[C@@H]1c1ccccc1OC. The summed E-state index contributed by atoms with van der Waals surface area (Å²) in [7, 11) is 1.60. The molecule has 26 heavy (non-hydrogen) atoms. The zero-order valence-corrected chi connectivity index (χ0v) is 15.6. The molecule has 3 rings (SSSR count). The first-order chi connectivity index (χ1) is 12.6. The molecule has 0 saturated heterocycles. The molecule has 0 unspecified atom stereocenters. The summed E-state index contributed by atoms with van der Waals surface area (Å²) >= 11 is 0. The normalized spacial score (nSPS) is 19.8. The Bertz CT molecular complexity index is 791. The van der Waals surface area contributed by atoms with Crippen LogP contribution in [-0.2, 0) is 14.3 Å². The average molecular weight is 355 g/mol. The topological polar surface area (TPSA) is 64.6 Å². The minimum Gasteiger partial charge on any atom is -0.496 e. The van der Waals surface area contributed by atoms with E-state index in [0.717, 1.165) is 36.2 Å². The predicted octanol–water partition coefficient (Wildman–Crippen LogP) is 3.62. The number of benzene rings is 1. The van der Waals surface area contributed by atoms with Crippen molar-refractivity contribution >= 4 is 11.8 Å². The second-order valence-corrected chi connectivity index (χ2v) is 6.64. The van der Waals surface area contributed by atoms with Crippen LogP contribution in [0.2, 0.25) is 0 Å². The number of ether oxygens (including phenoxy) is 2. The summed E-state index contributed by atoms with van der Waals surface area (Å²) in [5, 5.41) is 3.29. The van der Waals surface area contributed by atoms with E-state index in [1.165, 1.54) is 0 Å². The average Bonchev–Trinajstić information content (AvgIpc) is 2.65. The number of esters is 1. The smallest absolute Gasteiger partial charge is 0.336 e. The molecule has 0 amide bonds. The number of rotatable bonds is 5. The molecule has 0 aromatic heterocycles. The molecule has 0 bridgehead atoms. The van der Waals surface area contributed by atoms with E-state index in [2.05, 4.69) is 5.32 Å². The number of carbonyl (C=O) groups is 2. The zero-order chi connectivity index (χ0) is 18.7. The molecule has 1 atom stereocenters. The Morgan fingerprint density at radius 3 is 2.77 bits per heavy atom. The summed E-state index contributed by atoms with van der Waals surface area (Å²) in [6, 6.07) is 7.56. The lowest BCUT2D eigenvalue weighted by Gasteiger charge is -2.34. The van der Waals surface area contributed by atoms with Gasteiger partial charge >= 0.3 is 5.97 Å². The van der Waals surface area contributed by atoms with Gasteiger partial charge in [0, 0.05) is 29.0 Å². The maximum Gasteiger partial charge on any atom is 0.336 e. The van der Waals surface area contributed by atoms with Crippen LogP contribution in [0.4, 0.5) is 0 Å². The highest BCUT2D eigenvalue weighted by Gasteiger charge is 2.40. The predicted molar refractivity (Wildman–Crippen MR) is 98.7 cm³/mol. The second-order valence-electron chi connectivity index (χ2n) is 6.64. The van der Waals surface area contributed by atoms with Crippen LogP contribution in [-0.4, -0.2) is 25.5 Å². The molecule has 1 aliphatic heterocycles. The molecule has 0 fully saturated rings. The van der Waals surface area contributed by atoms with Gasteiger partial charge in [-0.15, -0.1) is 0 Å². The van der Waals surface area contributed by atoms with Crippen molar-refractivity contribution < 1.29 is 19.1 Å². The van der Waals surface area contributed by atoms with E-state index in [1.54, 1.807) is 7.11 Å². The van der Waals surface area contributed by atoms with Gasteiger partial charge in [-0.1, -0.05) is 25.1 Å². The van der Waals surface area contributed by atoms with E-state index in [0.29, 0.717) is 29.9 Å². The molecular formula is C21H25NO4. The number of hydrogen-bond acceptors (Lipinski definition) is 5. The number of allylic oxidation sites excluding steroid dienone is 3. The molecule has 0 radical (unpaired) electrons. The quantitative estimate of drug-likeness (QED) is 0.818. The van der Waals surface area contributed by atoms with Crippen molar-refractivity contribution in [3.8, 4) is 5.75 Å². The fraction of sp³-hybridized carbons (Fsp3) is 0.429. The number of hydrogen-bond donors (Lipinski definition) is 1. The molecule has 0 spiro atoms. The third-order valence-corrected chi connectivity index (χ3v) is 4.88. The Morgan fingerprint density at radius 1 is 1.27 bits per heavy atom. The van der Waals surface area contributed by atoms with Gasteiger partial charge in [-0.3, -0.25) is 4.79 Å². The summed E-state index contributed by atoms with van der Waals surface area (Å²) in [5.74, 6) is -0.0848. The summed E-state index contributed by atoms with van der Waals surface area (Å²) in [4.78, 5) is 25.6. The van der Waals surface area contributed by atoms with Crippen molar-refractivity contribution in [1.29, 1.82) is 0 Å². The van der Waals surface area contributed by atoms with E-state index in [1.807, 2.05) is 38.1 Å². The van der Waals surface area contributed by atoms with Crippen LogP contribution >= 0.6 is 0 Å². The number of ketones is 1. The fourth-order valence-corrected chi connectivity index (χ4v) is 3.74. The van der Waals surface area contributed by atoms with Crippen molar-refractivity contribution in [2.24, 2.45) is 0 Å². The van der Waals surface area contributed by atoms with E-state index >= 15 is 0 Å². The Balaban J connectivity index is 2.16. The molecule has 1 aromatic carbocycles. The standard InChI is InChI=1S/C21H25NO4/c1-4-12-26-21(24)18-13(2)22-15-9-7-10-16(23)20(15)19(18)14-8-5-6-11-17(14)25-3/h5-6,8,11,19,22H,4,7,9-10,12H2,1-3H3/t19-/m1/s1. The van der Waals surface area contributed by atoms with Crippen LogP contribution in [0.15, 0.2) is 46.8 Å². The molecule has 1 aromatic rings. The molecule has 0 saturated carbocycles. The Morgan fingerprint density at radius 2 is 2.04 bits per heavy atom. The monoisotopic (exact) mass is 355 g/mol. The lowest BCUT2D eigenvalue weighted by atomic mass is 9.75. The van der Waals surface area contributed by atoms with Gasteiger partial charge in [-0.25, -0.2) is 4.79 Å². The Labute approximate surface area is 154 Å². The first-order valence-electron chi connectivity index (χ1n) is 9.12. The summed E-state index contributed by atoms with van der Waals surface area (Å²) < 4.78 is 11.0. The highest BCUT2D eigenvalue weighted by atomic mass is 16.5. The maximum atomic E-state index is 12.8. The first kappa shape index (κ1) is 18.2. The highest BCUT2D eigenvalue weighted by molar-refractivity contribution is 6.04. The summed E-state index contributed by atoms with van der Waals surface area (Å²) in [5.41, 5.74) is 3.66. The van der Waals surface area contributed by atoms with Gasteiger partial charge in [0.1, 0.15) is 5.75 Å². The number of dihydropyridines is 1. The number of para-hydroxylation sites is 1. The molecule has 1 heterocycles. The third-order valence-electron chi connectivity index (χ3n) is 4.88. The molecular weight excluding hydrogens is 330 g/mol.